The van der Waals surface area contributed by atoms with Gasteiger partial charge in [0.2, 0.25) is 0 Å². The molecule has 0 N–H and O–H groups in total. The molecule has 6 nitrogen and oxygen atoms in total. The molecule has 0 amide bonds. The van der Waals surface area contributed by atoms with Gasteiger partial charge in [0.1, 0.15) is 13.2 Å². The summed E-state index contributed by atoms with van der Waals surface area (Å²) in [6.45, 7) is 6.44. The molecule has 0 saturated heterocycles. The van der Waals surface area contributed by atoms with Gasteiger partial charge in [-0.3, -0.25) is 14.4 Å². The quantitative estimate of drug-likeness (QED) is 0.0261. The van der Waals surface area contributed by atoms with Crippen LogP contribution in [0, 0.1) is 0 Å². The van der Waals surface area contributed by atoms with E-state index in [1.54, 1.807) is 0 Å². The van der Waals surface area contributed by atoms with Gasteiger partial charge >= 0.3 is 17.9 Å². The fraction of sp³-hybridized carbons (Fsp3) is 0.687. The molecule has 0 aromatic heterocycles. The van der Waals surface area contributed by atoms with Gasteiger partial charge in [-0.15, -0.1) is 0 Å². The smallest absolute Gasteiger partial charge is 0.306 e. The Morgan fingerprint density at radius 3 is 0.918 bits per heavy atom. The zero-order chi connectivity index (χ0) is 52.9. The van der Waals surface area contributed by atoms with Crippen molar-refractivity contribution >= 4 is 17.9 Å². The second kappa shape index (κ2) is 60.6. The Bertz CT molecular complexity index is 1490. The van der Waals surface area contributed by atoms with Crippen molar-refractivity contribution in [2.45, 2.75) is 284 Å². The minimum Gasteiger partial charge on any atom is -0.462 e. The Morgan fingerprint density at radius 1 is 0.288 bits per heavy atom. The molecule has 0 radical (unpaired) electrons. The molecule has 0 aromatic carbocycles. The minimum absolute atomic E-state index is 0.115. The monoisotopic (exact) mass is 1010 g/mol. The lowest BCUT2D eigenvalue weighted by atomic mass is 10.0. The molecule has 6 heteroatoms. The number of carbonyl (C=O) groups is 3. The van der Waals surface area contributed by atoms with Crippen LogP contribution in [0.3, 0.4) is 0 Å². The van der Waals surface area contributed by atoms with Gasteiger partial charge in [-0.25, -0.2) is 0 Å². The largest absolute Gasteiger partial charge is 0.462 e. The van der Waals surface area contributed by atoms with Crippen LogP contribution in [0.4, 0.5) is 0 Å². The van der Waals surface area contributed by atoms with Gasteiger partial charge in [0.25, 0.3) is 0 Å². The standard InChI is InChI=1S/C67H112O6/c1-4-7-10-13-16-19-22-25-28-31-33-36-39-42-45-48-51-54-57-60-66(69)72-63-64(62-71-65(68)59-56-53-50-47-44-41-38-35-30-27-24-21-18-15-12-9-6-3)73-67(70)61-58-55-52-49-46-43-40-37-34-32-29-26-23-20-17-14-11-8-5-2/h8,11,17-18,20-21,26-27,29-30,34,37-38,41,43,46,52,55,64H,4-7,9-10,12-16,19,22-25,28,31-33,35-36,39-40,42,44-45,47-51,53-54,56-63H2,1-3H3/b11-8-,20-17-,21-18-,29-26-,30-27-,37-34-,41-38-,46-43-,55-52-/t64-/m1/s1. The third kappa shape index (κ3) is 58.8. The molecule has 0 unspecified atom stereocenters. The highest BCUT2D eigenvalue weighted by Crippen LogP contribution is 2.16. The van der Waals surface area contributed by atoms with Crippen LogP contribution in [0.1, 0.15) is 278 Å². The summed E-state index contributed by atoms with van der Waals surface area (Å²) in [7, 11) is 0. The van der Waals surface area contributed by atoms with Crippen LogP contribution in [0.15, 0.2) is 109 Å². The predicted octanol–water partition coefficient (Wildman–Crippen LogP) is 20.7. The number of unbranched alkanes of at least 4 members (excludes halogenated alkanes) is 25. The van der Waals surface area contributed by atoms with Crippen molar-refractivity contribution in [2.75, 3.05) is 13.2 Å². The molecule has 0 aliphatic rings. The zero-order valence-corrected chi connectivity index (χ0v) is 47.6. The molecule has 0 aliphatic heterocycles. The van der Waals surface area contributed by atoms with E-state index in [1.807, 2.05) is 6.08 Å². The van der Waals surface area contributed by atoms with Gasteiger partial charge in [-0.1, -0.05) is 271 Å². The molecule has 0 aromatic rings. The van der Waals surface area contributed by atoms with Crippen LogP contribution < -0.4 is 0 Å². The number of esters is 3. The van der Waals surface area contributed by atoms with Crippen LogP contribution >= 0.6 is 0 Å². The second-order valence-electron chi connectivity index (χ2n) is 19.9. The van der Waals surface area contributed by atoms with E-state index in [9.17, 15) is 14.4 Å². The summed E-state index contributed by atoms with van der Waals surface area (Å²) in [6.07, 6.45) is 82.4. The molecule has 0 rings (SSSR count). The molecule has 0 spiro atoms. The SMILES string of the molecule is CC/C=C\C/C=C\C/C=C\C/C=C\C/C=C\C/C=C\CCC(=O)O[C@H](COC(=O)CCCCCC/C=C\C/C=C\C/C=C\CCCCC)COC(=O)CCCCCCCCCCCCCCCCCCCCC. The lowest BCUT2D eigenvalue weighted by Crippen LogP contribution is -2.30. The molecular weight excluding hydrogens is 901 g/mol. The van der Waals surface area contributed by atoms with E-state index < -0.39 is 12.1 Å². The molecule has 1 atom stereocenters. The first-order chi connectivity index (χ1) is 36.0. The summed E-state index contributed by atoms with van der Waals surface area (Å²) in [5.41, 5.74) is 0. The number of rotatable bonds is 54. The van der Waals surface area contributed by atoms with Crippen molar-refractivity contribution in [3.8, 4) is 0 Å². The molecule has 0 aliphatic carbocycles. The van der Waals surface area contributed by atoms with Crippen molar-refractivity contribution < 1.29 is 28.6 Å². The van der Waals surface area contributed by atoms with Crippen molar-refractivity contribution in [2.24, 2.45) is 0 Å². The summed E-state index contributed by atoms with van der Waals surface area (Å²) >= 11 is 0. The first kappa shape index (κ1) is 69.1. The highest BCUT2D eigenvalue weighted by Gasteiger charge is 2.19. The Kier molecular flexibility index (Phi) is 57.4. The van der Waals surface area contributed by atoms with Crippen LogP contribution in [-0.2, 0) is 28.6 Å². The van der Waals surface area contributed by atoms with Crippen LogP contribution in [0.5, 0.6) is 0 Å². The van der Waals surface area contributed by atoms with Crippen LogP contribution in [0.25, 0.3) is 0 Å². The number of carbonyl (C=O) groups excluding carboxylic acids is 3. The molecule has 0 bridgehead atoms. The fourth-order valence-electron chi connectivity index (χ4n) is 8.24. The predicted molar refractivity (Wildman–Crippen MR) is 316 cm³/mol. The lowest BCUT2D eigenvalue weighted by Gasteiger charge is -2.18. The summed E-state index contributed by atoms with van der Waals surface area (Å²) in [4.78, 5) is 38.2. The molecule has 0 heterocycles. The Labute approximate surface area is 450 Å². The Morgan fingerprint density at radius 2 is 0.562 bits per heavy atom. The summed E-state index contributed by atoms with van der Waals surface area (Å²) < 4.78 is 16.8. The second-order valence-corrected chi connectivity index (χ2v) is 19.9. The number of ether oxygens (including phenoxy) is 3. The minimum atomic E-state index is -0.829. The Hall–Kier alpha value is -3.93. The maximum Gasteiger partial charge on any atom is 0.306 e. The van der Waals surface area contributed by atoms with Crippen molar-refractivity contribution in [1.82, 2.24) is 0 Å². The van der Waals surface area contributed by atoms with Gasteiger partial charge < -0.3 is 14.2 Å². The highest BCUT2D eigenvalue weighted by atomic mass is 16.6. The summed E-state index contributed by atoms with van der Waals surface area (Å²) in [5, 5.41) is 0. The van der Waals surface area contributed by atoms with E-state index in [4.69, 9.17) is 14.2 Å². The van der Waals surface area contributed by atoms with E-state index in [0.717, 1.165) is 103 Å². The highest BCUT2D eigenvalue weighted by molar-refractivity contribution is 5.71. The average Bonchev–Trinajstić information content (AvgIpc) is 3.39. The van der Waals surface area contributed by atoms with Gasteiger partial charge in [0.15, 0.2) is 6.10 Å². The van der Waals surface area contributed by atoms with Gasteiger partial charge in [0, 0.05) is 19.3 Å². The first-order valence-corrected chi connectivity index (χ1v) is 30.4. The van der Waals surface area contributed by atoms with Crippen LogP contribution in [-0.4, -0.2) is 37.2 Å². The third-order valence-electron chi connectivity index (χ3n) is 12.8. The number of hydrogen-bond donors (Lipinski definition) is 0. The van der Waals surface area contributed by atoms with Gasteiger partial charge in [0.05, 0.1) is 0 Å². The fourth-order valence-corrected chi connectivity index (χ4v) is 8.24. The first-order valence-electron chi connectivity index (χ1n) is 30.4. The van der Waals surface area contributed by atoms with Gasteiger partial charge in [-0.2, -0.15) is 0 Å². The molecule has 73 heavy (non-hydrogen) atoms. The summed E-state index contributed by atoms with van der Waals surface area (Å²) in [6, 6.07) is 0. The number of hydrogen-bond acceptors (Lipinski definition) is 6. The van der Waals surface area contributed by atoms with Crippen molar-refractivity contribution in [1.29, 1.82) is 0 Å². The van der Waals surface area contributed by atoms with E-state index in [2.05, 4.69) is 124 Å². The maximum absolute atomic E-state index is 12.9. The maximum atomic E-state index is 12.9. The third-order valence-corrected chi connectivity index (χ3v) is 12.8. The molecular formula is C67H112O6. The molecule has 0 saturated carbocycles. The lowest BCUT2D eigenvalue weighted by molar-refractivity contribution is -0.166. The van der Waals surface area contributed by atoms with Gasteiger partial charge in [-0.05, 0) is 96.3 Å². The van der Waals surface area contributed by atoms with E-state index >= 15 is 0 Å². The van der Waals surface area contributed by atoms with E-state index in [-0.39, 0.29) is 31.6 Å². The van der Waals surface area contributed by atoms with Crippen molar-refractivity contribution in [3.63, 3.8) is 0 Å². The van der Waals surface area contributed by atoms with E-state index in [0.29, 0.717) is 19.3 Å². The van der Waals surface area contributed by atoms with Crippen molar-refractivity contribution in [3.05, 3.63) is 109 Å². The topological polar surface area (TPSA) is 78.9 Å². The average molecular weight is 1010 g/mol. The normalized spacial score (nSPS) is 12.9. The molecule has 416 valence electrons. The van der Waals surface area contributed by atoms with Crippen LogP contribution in [0.2, 0.25) is 0 Å². The zero-order valence-electron chi connectivity index (χ0n) is 47.6. The van der Waals surface area contributed by atoms with E-state index in [1.165, 1.54) is 128 Å². The molecule has 0 fully saturated rings. The Balaban J connectivity index is 4.52. The number of allylic oxidation sites excluding steroid dienone is 18. The summed E-state index contributed by atoms with van der Waals surface area (Å²) in [5.74, 6) is -1.02.